The molecule has 8 heteroatoms. The Morgan fingerprint density at radius 1 is 1.07 bits per heavy atom. The van der Waals surface area contributed by atoms with Crippen LogP contribution in [0.1, 0.15) is 16.7 Å². The smallest absolute Gasteiger partial charge is 0.293 e. The first-order valence-electron chi connectivity index (χ1n) is 9.41. The Morgan fingerprint density at radius 2 is 1.80 bits per heavy atom. The molecule has 0 saturated heterocycles. The van der Waals surface area contributed by atoms with Crippen LogP contribution in [-0.2, 0) is 11.3 Å². The molecule has 0 aliphatic heterocycles. The van der Waals surface area contributed by atoms with Crippen molar-refractivity contribution in [3.05, 3.63) is 81.7 Å². The lowest BCUT2D eigenvalue weighted by Gasteiger charge is -2.08. The molecular formula is C22H20FN5O2. The lowest BCUT2D eigenvalue weighted by atomic mass is 10.0. The molecule has 2 aromatic carbocycles. The summed E-state index contributed by atoms with van der Waals surface area (Å²) in [6, 6.07) is 12.2. The standard InChI is InChI=1S/C22H20FN5O2/c1-13-4-6-16(15(3)8-13)19-10-20-22(30)27(24-12-28(20)26-19)11-21(29)25-18-7-5-14(2)9-17(18)23/h4-10,12H,11H2,1-3H3,(H,25,29). The van der Waals surface area contributed by atoms with Crippen LogP contribution in [0.25, 0.3) is 16.8 Å². The summed E-state index contributed by atoms with van der Waals surface area (Å²) >= 11 is 0. The van der Waals surface area contributed by atoms with Gasteiger partial charge in [-0.2, -0.15) is 10.2 Å². The lowest BCUT2D eigenvalue weighted by molar-refractivity contribution is -0.117. The quantitative estimate of drug-likeness (QED) is 0.565. The number of benzene rings is 2. The average Bonchev–Trinajstić information content (AvgIpc) is 3.11. The molecule has 0 saturated carbocycles. The van der Waals surface area contributed by atoms with E-state index in [4.69, 9.17) is 0 Å². The van der Waals surface area contributed by atoms with Crippen molar-refractivity contribution in [3.8, 4) is 11.3 Å². The fourth-order valence-electron chi connectivity index (χ4n) is 3.33. The maximum absolute atomic E-state index is 13.9. The number of nitrogens with one attached hydrogen (secondary N) is 1. The number of anilines is 1. The minimum absolute atomic E-state index is 0.0567. The number of hydrogen-bond acceptors (Lipinski definition) is 4. The molecule has 0 aliphatic rings. The molecule has 7 nitrogen and oxygen atoms in total. The van der Waals surface area contributed by atoms with E-state index in [0.717, 1.165) is 26.9 Å². The fourth-order valence-corrected chi connectivity index (χ4v) is 3.33. The number of hydrogen-bond donors (Lipinski definition) is 1. The van der Waals surface area contributed by atoms with E-state index < -0.39 is 17.3 Å². The Hall–Kier alpha value is -3.81. The van der Waals surface area contributed by atoms with Crippen molar-refractivity contribution in [3.63, 3.8) is 0 Å². The van der Waals surface area contributed by atoms with Gasteiger partial charge in [-0.25, -0.2) is 13.6 Å². The third-order valence-electron chi connectivity index (χ3n) is 4.84. The molecule has 0 spiro atoms. The fraction of sp³-hybridized carbons (Fsp3) is 0.182. The van der Waals surface area contributed by atoms with Gasteiger partial charge < -0.3 is 5.32 Å². The Balaban J connectivity index is 1.62. The molecule has 152 valence electrons. The molecule has 0 atom stereocenters. The van der Waals surface area contributed by atoms with Crippen LogP contribution >= 0.6 is 0 Å². The normalized spacial score (nSPS) is 11.1. The summed E-state index contributed by atoms with van der Waals surface area (Å²) in [6.45, 7) is 5.41. The first-order valence-corrected chi connectivity index (χ1v) is 9.41. The largest absolute Gasteiger partial charge is 0.322 e. The van der Waals surface area contributed by atoms with E-state index in [-0.39, 0.29) is 12.2 Å². The molecule has 0 radical (unpaired) electrons. The molecule has 4 rings (SSSR count). The zero-order chi connectivity index (χ0) is 21.4. The highest BCUT2D eigenvalue weighted by molar-refractivity contribution is 5.90. The summed E-state index contributed by atoms with van der Waals surface area (Å²) in [6.07, 6.45) is 1.38. The van der Waals surface area contributed by atoms with E-state index in [0.29, 0.717) is 11.2 Å². The second kappa shape index (κ2) is 7.55. The Bertz CT molecular complexity index is 1340. The predicted octanol–water partition coefficient (Wildman–Crippen LogP) is 3.26. The molecule has 0 aliphatic carbocycles. The van der Waals surface area contributed by atoms with E-state index in [1.807, 2.05) is 32.0 Å². The number of rotatable bonds is 4. The summed E-state index contributed by atoms with van der Waals surface area (Å²) in [5.74, 6) is -1.08. The molecule has 0 unspecified atom stereocenters. The van der Waals surface area contributed by atoms with Gasteiger partial charge >= 0.3 is 0 Å². The van der Waals surface area contributed by atoms with Gasteiger partial charge in [0.15, 0.2) is 0 Å². The van der Waals surface area contributed by atoms with Gasteiger partial charge in [-0.1, -0.05) is 29.8 Å². The van der Waals surface area contributed by atoms with Crippen molar-refractivity contribution in [2.75, 3.05) is 5.32 Å². The minimum Gasteiger partial charge on any atom is -0.322 e. The summed E-state index contributed by atoms with van der Waals surface area (Å²) < 4.78 is 16.4. The number of carbonyl (C=O) groups is 1. The molecule has 4 aromatic rings. The number of carbonyl (C=O) groups excluding carboxylic acids is 1. The number of halogens is 1. The van der Waals surface area contributed by atoms with Crippen molar-refractivity contribution in [2.24, 2.45) is 0 Å². The number of amides is 1. The van der Waals surface area contributed by atoms with Crippen molar-refractivity contribution in [2.45, 2.75) is 27.3 Å². The molecule has 1 N–H and O–H groups in total. The van der Waals surface area contributed by atoms with Gasteiger partial charge in [0, 0.05) is 5.56 Å². The molecular weight excluding hydrogens is 385 g/mol. The second-order valence-electron chi connectivity index (χ2n) is 7.30. The highest BCUT2D eigenvalue weighted by atomic mass is 19.1. The van der Waals surface area contributed by atoms with Gasteiger partial charge in [0.05, 0.1) is 11.4 Å². The van der Waals surface area contributed by atoms with E-state index >= 15 is 0 Å². The SMILES string of the molecule is Cc1ccc(-c2cc3c(=O)n(CC(=O)Nc4ccc(C)cc4F)ncn3n2)c(C)c1. The minimum atomic E-state index is -0.550. The van der Waals surface area contributed by atoms with Crippen LogP contribution < -0.4 is 10.9 Å². The zero-order valence-corrected chi connectivity index (χ0v) is 16.8. The monoisotopic (exact) mass is 405 g/mol. The zero-order valence-electron chi connectivity index (χ0n) is 16.8. The average molecular weight is 405 g/mol. The summed E-state index contributed by atoms with van der Waals surface area (Å²) in [7, 11) is 0. The first-order chi connectivity index (χ1) is 14.3. The number of nitrogens with zero attached hydrogens (tertiary/aromatic N) is 4. The van der Waals surface area contributed by atoms with Crippen molar-refractivity contribution < 1.29 is 9.18 Å². The first kappa shape index (κ1) is 19.5. The van der Waals surface area contributed by atoms with Crippen LogP contribution in [0.2, 0.25) is 0 Å². The van der Waals surface area contributed by atoms with E-state index in [1.54, 1.807) is 19.1 Å². The van der Waals surface area contributed by atoms with Gasteiger partial charge in [0.25, 0.3) is 5.56 Å². The van der Waals surface area contributed by atoms with Gasteiger partial charge in [0.2, 0.25) is 5.91 Å². The van der Waals surface area contributed by atoms with Crippen LogP contribution in [0, 0.1) is 26.6 Å². The lowest BCUT2D eigenvalue weighted by Crippen LogP contribution is -2.30. The summed E-state index contributed by atoms with van der Waals surface area (Å²) in [5.41, 5.74) is 4.40. The third-order valence-corrected chi connectivity index (χ3v) is 4.84. The highest BCUT2D eigenvalue weighted by Gasteiger charge is 2.14. The predicted molar refractivity (Wildman–Crippen MR) is 112 cm³/mol. The Morgan fingerprint density at radius 3 is 2.53 bits per heavy atom. The van der Waals surface area contributed by atoms with Crippen LogP contribution in [0.4, 0.5) is 10.1 Å². The number of aromatic nitrogens is 4. The van der Waals surface area contributed by atoms with E-state index in [9.17, 15) is 14.0 Å². The number of fused-ring (bicyclic) bond motifs is 1. The van der Waals surface area contributed by atoms with E-state index in [1.165, 1.54) is 23.0 Å². The maximum Gasteiger partial charge on any atom is 0.293 e. The Kier molecular flexibility index (Phi) is 4.91. The Labute approximate surface area is 171 Å². The third kappa shape index (κ3) is 3.71. The maximum atomic E-state index is 13.9. The van der Waals surface area contributed by atoms with Crippen molar-refractivity contribution in [1.29, 1.82) is 0 Å². The van der Waals surface area contributed by atoms with Crippen molar-refractivity contribution >= 4 is 17.1 Å². The van der Waals surface area contributed by atoms with Crippen LogP contribution in [-0.4, -0.2) is 25.3 Å². The highest BCUT2D eigenvalue weighted by Crippen LogP contribution is 2.23. The van der Waals surface area contributed by atoms with Gasteiger partial charge in [-0.3, -0.25) is 9.59 Å². The summed E-state index contributed by atoms with van der Waals surface area (Å²) in [4.78, 5) is 25.1. The van der Waals surface area contributed by atoms with Crippen molar-refractivity contribution in [1.82, 2.24) is 19.4 Å². The van der Waals surface area contributed by atoms with Gasteiger partial charge in [-0.15, -0.1) is 0 Å². The summed E-state index contributed by atoms with van der Waals surface area (Å²) in [5, 5.41) is 10.9. The number of aryl methyl sites for hydroxylation is 3. The second-order valence-corrected chi connectivity index (χ2v) is 7.30. The molecule has 2 aromatic heterocycles. The molecule has 30 heavy (non-hydrogen) atoms. The molecule has 0 fully saturated rings. The molecule has 0 bridgehead atoms. The van der Waals surface area contributed by atoms with E-state index in [2.05, 4.69) is 15.5 Å². The van der Waals surface area contributed by atoms with Gasteiger partial charge in [-0.05, 0) is 50.1 Å². The van der Waals surface area contributed by atoms with Gasteiger partial charge in [0.1, 0.15) is 24.2 Å². The van der Waals surface area contributed by atoms with Crippen LogP contribution in [0.15, 0.2) is 53.6 Å². The molecule has 2 heterocycles. The van der Waals surface area contributed by atoms with Crippen LogP contribution in [0.3, 0.4) is 0 Å². The topological polar surface area (TPSA) is 81.3 Å². The molecule has 1 amide bonds. The van der Waals surface area contributed by atoms with Crippen LogP contribution in [0.5, 0.6) is 0 Å².